The third kappa shape index (κ3) is 3.28. The van der Waals surface area contributed by atoms with Crippen LogP contribution in [0.4, 0.5) is 13.2 Å². The molecule has 1 heterocycles. The fourth-order valence-corrected chi connectivity index (χ4v) is 4.88. The Morgan fingerprint density at radius 1 is 1.15 bits per heavy atom. The zero-order valence-corrected chi connectivity index (χ0v) is 12.0. The average molecular weight is 315 g/mol. The van der Waals surface area contributed by atoms with Crippen LogP contribution in [0.2, 0.25) is 0 Å². The number of aliphatic hydroxyl groups is 1. The molecule has 2 rings (SSSR count). The molecular formula is C12H20F3NO3S. The first-order valence-corrected chi connectivity index (χ1v) is 8.52. The summed E-state index contributed by atoms with van der Waals surface area (Å²) in [4.78, 5) is 0. The zero-order chi connectivity index (χ0) is 15.0. The Morgan fingerprint density at radius 2 is 1.65 bits per heavy atom. The van der Waals surface area contributed by atoms with Crippen molar-refractivity contribution in [2.75, 3.05) is 18.8 Å². The van der Waals surface area contributed by atoms with Gasteiger partial charge in [0.15, 0.2) is 5.60 Å². The van der Waals surface area contributed by atoms with Crippen LogP contribution in [0.5, 0.6) is 0 Å². The van der Waals surface area contributed by atoms with Crippen molar-refractivity contribution >= 4 is 10.0 Å². The van der Waals surface area contributed by atoms with Gasteiger partial charge in [-0.3, -0.25) is 0 Å². The van der Waals surface area contributed by atoms with Crippen molar-refractivity contribution in [2.45, 2.75) is 50.3 Å². The molecule has 1 aliphatic carbocycles. The first kappa shape index (κ1) is 16.0. The van der Waals surface area contributed by atoms with Gasteiger partial charge in [-0.05, 0) is 31.6 Å². The summed E-state index contributed by atoms with van der Waals surface area (Å²) in [6.45, 7) is -0.518. The van der Waals surface area contributed by atoms with E-state index < -0.39 is 34.6 Å². The van der Waals surface area contributed by atoms with Crippen molar-refractivity contribution in [2.24, 2.45) is 5.92 Å². The molecule has 0 spiro atoms. The number of hydrogen-bond donors (Lipinski definition) is 1. The van der Waals surface area contributed by atoms with Crippen molar-refractivity contribution in [3.05, 3.63) is 0 Å². The van der Waals surface area contributed by atoms with Gasteiger partial charge in [0.2, 0.25) is 10.0 Å². The third-order valence-corrected chi connectivity index (χ3v) is 6.44. The van der Waals surface area contributed by atoms with Crippen LogP contribution in [0.25, 0.3) is 0 Å². The number of hydrogen-bond acceptors (Lipinski definition) is 3. The van der Waals surface area contributed by atoms with Crippen molar-refractivity contribution < 1.29 is 26.7 Å². The molecule has 1 saturated heterocycles. The van der Waals surface area contributed by atoms with Crippen LogP contribution in [0, 0.1) is 5.92 Å². The molecule has 0 radical (unpaired) electrons. The van der Waals surface area contributed by atoms with Crippen LogP contribution in [0.15, 0.2) is 0 Å². The van der Waals surface area contributed by atoms with Gasteiger partial charge in [0.25, 0.3) is 0 Å². The highest BCUT2D eigenvalue weighted by molar-refractivity contribution is 7.89. The standard InChI is InChI=1S/C12H20F3NO3S/c13-12(14,15)11(17)5-7-16(8-6-11)20(18,19)9-10-3-1-2-4-10/h10,17H,1-9H2. The maximum Gasteiger partial charge on any atom is 0.417 e. The maximum absolute atomic E-state index is 12.7. The second-order valence-electron chi connectivity index (χ2n) is 5.86. The van der Waals surface area contributed by atoms with E-state index >= 15 is 0 Å². The van der Waals surface area contributed by atoms with Gasteiger partial charge >= 0.3 is 6.18 Å². The second-order valence-corrected chi connectivity index (χ2v) is 7.87. The zero-order valence-electron chi connectivity index (χ0n) is 11.2. The summed E-state index contributed by atoms with van der Waals surface area (Å²) in [5.41, 5.74) is -2.74. The first-order valence-electron chi connectivity index (χ1n) is 6.91. The van der Waals surface area contributed by atoms with Gasteiger partial charge in [-0.2, -0.15) is 13.2 Å². The van der Waals surface area contributed by atoms with Crippen LogP contribution >= 0.6 is 0 Å². The maximum atomic E-state index is 12.7. The topological polar surface area (TPSA) is 57.6 Å². The molecule has 0 atom stereocenters. The summed E-state index contributed by atoms with van der Waals surface area (Å²) in [6.07, 6.45) is -2.07. The SMILES string of the molecule is O=S(=O)(CC1CCCC1)N1CCC(O)(C(F)(F)F)CC1. The van der Waals surface area contributed by atoms with Crippen LogP contribution in [0.3, 0.4) is 0 Å². The molecule has 0 aromatic rings. The van der Waals surface area contributed by atoms with E-state index in [1.807, 2.05) is 0 Å². The molecule has 118 valence electrons. The Labute approximate surface area is 117 Å². The minimum absolute atomic E-state index is 0.0252. The molecule has 8 heteroatoms. The van der Waals surface area contributed by atoms with E-state index in [0.717, 1.165) is 30.0 Å². The predicted octanol–water partition coefficient (Wildman–Crippen LogP) is 1.90. The lowest BCUT2D eigenvalue weighted by Gasteiger charge is -2.38. The van der Waals surface area contributed by atoms with E-state index in [0.29, 0.717) is 0 Å². The molecule has 0 bridgehead atoms. The minimum atomic E-state index is -4.70. The average Bonchev–Trinajstić information content (AvgIpc) is 2.80. The van der Waals surface area contributed by atoms with Crippen LogP contribution in [-0.2, 0) is 10.0 Å². The Balaban J connectivity index is 1.96. The largest absolute Gasteiger partial charge is 0.417 e. The molecule has 2 fully saturated rings. The lowest BCUT2D eigenvalue weighted by atomic mass is 9.92. The van der Waals surface area contributed by atoms with E-state index in [4.69, 9.17) is 0 Å². The van der Waals surface area contributed by atoms with Crippen molar-refractivity contribution in [1.29, 1.82) is 0 Å². The van der Waals surface area contributed by atoms with E-state index in [-0.39, 0.29) is 24.8 Å². The smallest absolute Gasteiger partial charge is 0.380 e. The number of rotatable bonds is 3. The molecule has 0 amide bonds. The number of piperidine rings is 1. The number of halogens is 3. The second kappa shape index (κ2) is 5.46. The fourth-order valence-electron chi connectivity index (χ4n) is 3.00. The lowest BCUT2D eigenvalue weighted by Crippen LogP contribution is -2.54. The minimum Gasteiger partial charge on any atom is -0.380 e. The summed E-state index contributed by atoms with van der Waals surface area (Å²) in [5.74, 6) is 0.153. The molecule has 0 aromatic heterocycles. The predicted molar refractivity (Wildman–Crippen MR) is 67.6 cm³/mol. The van der Waals surface area contributed by atoms with Gasteiger partial charge in [0.05, 0.1) is 5.75 Å². The Kier molecular flexibility index (Phi) is 4.37. The summed E-state index contributed by atoms with van der Waals surface area (Å²) >= 11 is 0. The number of sulfonamides is 1. The number of alkyl halides is 3. The lowest BCUT2D eigenvalue weighted by molar-refractivity contribution is -0.270. The Morgan fingerprint density at radius 3 is 2.10 bits per heavy atom. The summed E-state index contributed by atoms with van der Waals surface area (Å²) in [6, 6.07) is 0. The molecule has 0 aromatic carbocycles. The highest BCUT2D eigenvalue weighted by Gasteiger charge is 2.55. The monoisotopic (exact) mass is 315 g/mol. The molecule has 1 aliphatic heterocycles. The van der Waals surface area contributed by atoms with Gasteiger partial charge in [-0.15, -0.1) is 0 Å². The Hall–Kier alpha value is -0.340. The van der Waals surface area contributed by atoms with Gasteiger partial charge < -0.3 is 5.11 Å². The third-order valence-electron chi connectivity index (χ3n) is 4.39. The van der Waals surface area contributed by atoms with Crippen molar-refractivity contribution in [3.8, 4) is 0 Å². The van der Waals surface area contributed by atoms with Crippen LogP contribution < -0.4 is 0 Å². The van der Waals surface area contributed by atoms with Crippen molar-refractivity contribution in [3.63, 3.8) is 0 Å². The summed E-state index contributed by atoms with van der Waals surface area (Å²) < 4.78 is 63.4. The molecule has 4 nitrogen and oxygen atoms in total. The summed E-state index contributed by atoms with van der Waals surface area (Å²) in [5, 5.41) is 9.53. The van der Waals surface area contributed by atoms with Gasteiger partial charge in [-0.25, -0.2) is 12.7 Å². The fraction of sp³-hybridized carbons (Fsp3) is 1.00. The van der Waals surface area contributed by atoms with E-state index in [1.54, 1.807) is 0 Å². The first-order chi connectivity index (χ1) is 9.14. The van der Waals surface area contributed by atoms with E-state index in [2.05, 4.69) is 0 Å². The van der Waals surface area contributed by atoms with E-state index in [1.165, 1.54) is 0 Å². The van der Waals surface area contributed by atoms with Gasteiger partial charge in [0.1, 0.15) is 0 Å². The molecule has 20 heavy (non-hydrogen) atoms. The molecule has 0 unspecified atom stereocenters. The van der Waals surface area contributed by atoms with Crippen LogP contribution in [-0.4, -0.2) is 48.4 Å². The van der Waals surface area contributed by atoms with Crippen molar-refractivity contribution in [1.82, 2.24) is 4.31 Å². The van der Waals surface area contributed by atoms with Gasteiger partial charge in [0, 0.05) is 13.1 Å². The van der Waals surface area contributed by atoms with Crippen LogP contribution in [0.1, 0.15) is 38.5 Å². The normalized spacial score (nSPS) is 26.0. The molecule has 1 saturated carbocycles. The summed E-state index contributed by atoms with van der Waals surface area (Å²) in [7, 11) is -3.51. The highest BCUT2D eigenvalue weighted by Crippen LogP contribution is 2.39. The highest BCUT2D eigenvalue weighted by atomic mass is 32.2. The van der Waals surface area contributed by atoms with E-state index in [9.17, 15) is 26.7 Å². The number of nitrogens with zero attached hydrogens (tertiary/aromatic N) is 1. The Bertz CT molecular complexity index is 435. The molecule has 1 N–H and O–H groups in total. The molecule has 2 aliphatic rings. The molecular weight excluding hydrogens is 295 g/mol. The van der Waals surface area contributed by atoms with Gasteiger partial charge in [-0.1, -0.05) is 12.8 Å². The quantitative estimate of drug-likeness (QED) is 0.865.